The molecule has 0 nitrogen and oxygen atoms in total. The van der Waals surface area contributed by atoms with E-state index in [1.165, 1.54) is 18.4 Å². The van der Waals surface area contributed by atoms with Gasteiger partial charge in [-0.15, -0.1) is 0 Å². The van der Waals surface area contributed by atoms with Crippen molar-refractivity contribution in [1.82, 2.24) is 0 Å². The molecule has 0 aliphatic heterocycles. The van der Waals surface area contributed by atoms with Crippen LogP contribution >= 0.6 is 15.9 Å². The third kappa shape index (κ3) is 8.22. The maximum absolute atomic E-state index is 3.50. The Morgan fingerprint density at radius 3 is 2.44 bits per heavy atom. The zero-order chi connectivity index (χ0) is 7.28. The monoisotopic (exact) mass is 190 g/mol. The van der Waals surface area contributed by atoms with Crippen LogP contribution in [0.1, 0.15) is 33.6 Å². The van der Waals surface area contributed by atoms with Gasteiger partial charge in [0, 0.05) is 4.83 Å². The van der Waals surface area contributed by atoms with Crippen molar-refractivity contribution < 1.29 is 0 Å². The van der Waals surface area contributed by atoms with Gasteiger partial charge in [-0.2, -0.15) is 0 Å². The van der Waals surface area contributed by atoms with Gasteiger partial charge in [0.2, 0.25) is 0 Å². The summed E-state index contributed by atoms with van der Waals surface area (Å²) in [5.74, 6) is 0. The molecule has 1 heteroatoms. The number of rotatable bonds is 3. The van der Waals surface area contributed by atoms with Crippen molar-refractivity contribution in [3.63, 3.8) is 0 Å². The van der Waals surface area contributed by atoms with Crippen LogP contribution < -0.4 is 0 Å². The van der Waals surface area contributed by atoms with Crippen LogP contribution in [0, 0.1) is 0 Å². The Morgan fingerprint density at radius 1 is 1.56 bits per heavy atom. The lowest BCUT2D eigenvalue weighted by Gasteiger charge is -1.97. The summed E-state index contributed by atoms with van der Waals surface area (Å²) in [6, 6.07) is 0. The third-order valence-corrected chi connectivity index (χ3v) is 1.57. The van der Waals surface area contributed by atoms with E-state index >= 15 is 0 Å². The summed E-state index contributed by atoms with van der Waals surface area (Å²) in [6.45, 7) is 6.45. The quantitative estimate of drug-likeness (QED) is 0.473. The summed E-state index contributed by atoms with van der Waals surface area (Å²) in [5.41, 5.74) is 1.42. The maximum atomic E-state index is 3.50. The van der Waals surface area contributed by atoms with Crippen molar-refractivity contribution in [2.24, 2.45) is 0 Å². The normalized spacial score (nSPS) is 12.9. The molecule has 0 aliphatic rings. The van der Waals surface area contributed by atoms with E-state index in [-0.39, 0.29) is 0 Å². The fourth-order valence-electron chi connectivity index (χ4n) is 0.602. The van der Waals surface area contributed by atoms with E-state index < -0.39 is 0 Å². The second kappa shape index (κ2) is 5.04. The van der Waals surface area contributed by atoms with Crippen molar-refractivity contribution in [3.05, 3.63) is 11.6 Å². The van der Waals surface area contributed by atoms with Gasteiger partial charge >= 0.3 is 0 Å². The Labute approximate surface area is 66.5 Å². The Hall–Kier alpha value is 0.220. The van der Waals surface area contributed by atoms with Gasteiger partial charge in [-0.05, 0) is 26.7 Å². The number of halogens is 1. The largest absolute Gasteiger partial charge is 0.0894 e. The molecule has 0 bridgehead atoms. The Balaban J connectivity index is 3.20. The summed E-state index contributed by atoms with van der Waals surface area (Å²) in [7, 11) is 0. The number of alkyl halides is 1. The molecule has 9 heavy (non-hydrogen) atoms. The summed E-state index contributed by atoms with van der Waals surface area (Å²) in [5, 5.41) is 0. The zero-order valence-electron chi connectivity index (χ0n) is 6.45. The van der Waals surface area contributed by atoms with Gasteiger partial charge < -0.3 is 0 Å². The molecule has 0 aliphatic carbocycles. The van der Waals surface area contributed by atoms with Crippen LogP contribution in [0.5, 0.6) is 0 Å². The minimum Gasteiger partial charge on any atom is -0.0894 e. The third-order valence-electron chi connectivity index (χ3n) is 1.12. The van der Waals surface area contributed by atoms with Crippen LogP contribution in [-0.2, 0) is 0 Å². The van der Waals surface area contributed by atoms with Gasteiger partial charge in [0.05, 0.1) is 0 Å². The zero-order valence-corrected chi connectivity index (χ0v) is 8.03. The summed E-state index contributed by atoms with van der Waals surface area (Å²) in [6.07, 6.45) is 4.72. The summed E-state index contributed by atoms with van der Waals surface area (Å²) >= 11 is 3.50. The van der Waals surface area contributed by atoms with Crippen LogP contribution in [0.15, 0.2) is 11.6 Å². The van der Waals surface area contributed by atoms with E-state index in [9.17, 15) is 0 Å². The van der Waals surface area contributed by atoms with E-state index in [1.807, 2.05) is 0 Å². The van der Waals surface area contributed by atoms with Gasteiger partial charge in [-0.1, -0.05) is 34.5 Å². The predicted molar refractivity (Wildman–Crippen MR) is 47.1 cm³/mol. The molecule has 0 amide bonds. The summed E-state index contributed by atoms with van der Waals surface area (Å²) < 4.78 is 0. The molecular weight excluding hydrogens is 176 g/mol. The molecule has 1 unspecified atom stereocenters. The predicted octanol–water partition coefficient (Wildman–Crippen LogP) is 3.52. The van der Waals surface area contributed by atoms with E-state index in [4.69, 9.17) is 0 Å². The lowest BCUT2D eigenvalue weighted by molar-refractivity contribution is 0.839. The Bertz CT molecular complexity index is 88.7. The molecule has 54 valence electrons. The van der Waals surface area contributed by atoms with E-state index in [0.717, 1.165) is 0 Å². The lowest BCUT2D eigenvalue weighted by atomic mass is 10.2. The first-order valence-corrected chi connectivity index (χ1v) is 4.32. The van der Waals surface area contributed by atoms with Crippen molar-refractivity contribution in [1.29, 1.82) is 0 Å². The number of hydrogen-bond donors (Lipinski definition) is 0. The van der Waals surface area contributed by atoms with Crippen LogP contribution in [0.4, 0.5) is 0 Å². The molecule has 1 atom stereocenters. The molecule has 0 fully saturated rings. The Morgan fingerprint density at radius 2 is 2.11 bits per heavy atom. The van der Waals surface area contributed by atoms with Crippen LogP contribution in [0.2, 0.25) is 0 Å². The number of allylic oxidation sites excluding steroid dienone is 2. The van der Waals surface area contributed by atoms with Gasteiger partial charge in [0.25, 0.3) is 0 Å². The van der Waals surface area contributed by atoms with Gasteiger partial charge in [-0.25, -0.2) is 0 Å². The standard InChI is InChI=1S/C8H15Br/c1-7(2)5-4-6-8(3)9/h5,8H,4,6H2,1-3H3. The van der Waals surface area contributed by atoms with Gasteiger partial charge in [0.1, 0.15) is 0 Å². The fourth-order valence-corrected chi connectivity index (χ4v) is 0.866. The Kier molecular flexibility index (Phi) is 5.16. The minimum absolute atomic E-state index is 0.660. The highest BCUT2D eigenvalue weighted by Crippen LogP contribution is 2.07. The van der Waals surface area contributed by atoms with Gasteiger partial charge in [-0.3, -0.25) is 0 Å². The van der Waals surface area contributed by atoms with E-state index in [0.29, 0.717) is 4.83 Å². The van der Waals surface area contributed by atoms with Crippen LogP contribution in [0.25, 0.3) is 0 Å². The average molecular weight is 191 g/mol. The van der Waals surface area contributed by atoms with Crippen molar-refractivity contribution in [2.45, 2.75) is 38.4 Å². The topological polar surface area (TPSA) is 0 Å². The lowest BCUT2D eigenvalue weighted by Crippen LogP contribution is -1.86. The fraction of sp³-hybridized carbons (Fsp3) is 0.750. The highest BCUT2D eigenvalue weighted by atomic mass is 79.9. The maximum Gasteiger partial charge on any atom is 0.0120 e. The van der Waals surface area contributed by atoms with E-state index in [2.05, 4.69) is 42.8 Å². The SMILES string of the molecule is CC(C)=CCCC(C)Br. The average Bonchev–Trinajstić information content (AvgIpc) is 1.63. The smallest absolute Gasteiger partial charge is 0.0120 e. The first-order valence-electron chi connectivity index (χ1n) is 3.40. The molecule has 0 aromatic rings. The molecule has 0 saturated carbocycles. The highest BCUT2D eigenvalue weighted by Gasteiger charge is 1.91. The molecule has 0 spiro atoms. The first kappa shape index (κ1) is 9.22. The second-order valence-electron chi connectivity index (χ2n) is 2.64. The van der Waals surface area contributed by atoms with Crippen LogP contribution in [-0.4, -0.2) is 4.83 Å². The van der Waals surface area contributed by atoms with Crippen molar-refractivity contribution in [3.8, 4) is 0 Å². The van der Waals surface area contributed by atoms with Crippen LogP contribution in [0.3, 0.4) is 0 Å². The molecule has 0 aromatic heterocycles. The van der Waals surface area contributed by atoms with Crippen molar-refractivity contribution >= 4 is 15.9 Å². The molecule has 0 radical (unpaired) electrons. The molecule has 0 rings (SSSR count). The van der Waals surface area contributed by atoms with Crippen molar-refractivity contribution in [2.75, 3.05) is 0 Å². The second-order valence-corrected chi connectivity index (χ2v) is 4.20. The molecule has 0 heterocycles. The minimum atomic E-state index is 0.660. The molecule has 0 saturated heterocycles. The summed E-state index contributed by atoms with van der Waals surface area (Å²) in [4.78, 5) is 0.660. The molecule has 0 aromatic carbocycles. The highest BCUT2D eigenvalue weighted by molar-refractivity contribution is 9.09. The number of hydrogen-bond acceptors (Lipinski definition) is 0. The van der Waals surface area contributed by atoms with E-state index in [1.54, 1.807) is 0 Å². The molecular formula is C8H15Br. The first-order chi connectivity index (χ1) is 4.13. The van der Waals surface area contributed by atoms with Gasteiger partial charge in [0.15, 0.2) is 0 Å². The molecule has 0 N–H and O–H groups in total.